The molecule has 0 fully saturated rings. The molecule has 0 radical (unpaired) electrons. The fraction of sp³-hybridized carbons (Fsp3) is 0.200. The second-order valence-electron chi connectivity index (χ2n) is 3.03. The SMILES string of the molecule is COc1cc(Br)c2oc(CN)cc2c1Br. The van der Waals surface area contributed by atoms with Crippen LogP contribution in [0.1, 0.15) is 5.76 Å². The third-order valence-electron chi connectivity index (χ3n) is 2.13. The van der Waals surface area contributed by atoms with Gasteiger partial charge in [-0.05, 0) is 44.0 Å². The van der Waals surface area contributed by atoms with Gasteiger partial charge < -0.3 is 14.9 Å². The van der Waals surface area contributed by atoms with E-state index < -0.39 is 0 Å². The molecule has 0 saturated carbocycles. The topological polar surface area (TPSA) is 48.4 Å². The first-order valence-electron chi connectivity index (χ1n) is 4.32. The zero-order chi connectivity index (χ0) is 11.0. The third-order valence-corrected chi connectivity index (χ3v) is 3.54. The van der Waals surface area contributed by atoms with Crippen molar-refractivity contribution in [3.63, 3.8) is 0 Å². The lowest BCUT2D eigenvalue weighted by Crippen LogP contribution is -1.92. The quantitative estimate of drug-likeness (QED) is 0.915. The molecule has 0 amide bonds. The summed E-state index contributed by atoms with van der Waals surface area (Å²) < 4.78 is 12.5. The van der Waals surface area contributed by atoms with Crippen LogP contribution >= 0.6 is 31.9 Å². The highest BCUT2D eigenvalue weighted by molar-refractivity contribution is 9.11. The first kappa shape index (κ1) is 11.0. The third kappa shape index (κ3) is 1.79. The van der Waals surface area contributed by atoms with Gasteiger partial charge in [-0.25, -0.2) is 0 Å². The number of halogens is 2. The van der Waals surface area contributed by atoms with Crippen LogP contribution in [-0.4, -0.2) is 7.11 Å². The summed E-state index contributed by atoms with van der Waals surface area (Å²) in [6, 6.07) is 3.77. The average Bonchev–Trinajstić information content (AvgIpc) is 2.68. The van der Waals surface area contributed by atoms with Gasteiger partial charge in [-0.1, -0.05) is 0 Å². The molecule has 0 bridgehead atoms. The Morgan fingerprint density at radius 1 is 1.40 bits per heavy atom. The highest BCUT2D eigenvalue weighted by atomic mass is 79.9. The van der Waals surface area contributed by atoms with Gasteiger partial charge in [0.25, 0.3) is 0 Å². The van der Waals surface area contributed by atoms with Crippen molar-refractivity contribution < 1.29 is 9.15 Å². The number of fused-ring (bicyclic) bond motifs is 1. The van der Waals surface area contributed by atoms with Crippen LogP contribution < -0.4 is 10.5 Å². The van der Waals surface area contributed by atoms with E-state index in [9.17, 15) is 0 Å². The van der Waals surface area contributed by atoms with Crippen molar-refractivity contribution in [2.75, 3.05) is 7.11 Å². The van der Waals surface area contributed by atoms with E-state index in [1.54, 1.807) is 7.11 Å². The average molecular weight is 335 g/mol. The number of furan rings is 1. The van der Waals surface area contributed by atoms with Gasteiger partial charge >= 0.3 is 0 Å². The van der Waals surface area contributed by atoms with Crippen LogP contribution in [0.5, 0.6) is 5.75 Å². The Labute approximate surface area is 104 Å². The molecule has 1 aromatic heterocycles. The predicted octanol–water partition coefficient (Wildman–Crippen LogP) is 3.43. The Kier molecular flexibility index (Phi) is 3.04. The van der Waals surface area contributed by atoms with Gasteiger partial charge in [0.2, 0.25) is 0 Å². The van der Waals surface area contributed by atoms with Crippen LogP contribution in [0.4, 0.5) is 0 Å². The van der Waals surface area contributed by atoms with Gasteiger partial charge in [0.05, 0.1) is 22.6 Å². The maximum absolute atomic E-state index is 5.57. The first-order chi connectivity index (χ1) is 7.17. The van der Waals surface area contributed by atoms with Gasteiger partial charge in [-0.3, -0.25) is 0 Å². The number of hydrogen-bond acceptors (Lipinski definition) is 3. The summed E-state index contributed by atoms with van der Waals surface area (Å²) in [7, 11) is 1.63. The maximum atomic E-state index is 5.57. The van der Waals surface area contributed by atoms with Crippen molar-refractivity contribution in [3.8, 4) is 5.75 Å². The number of nitrogens with two attached hydrogens (primary N) is 1. The molecular formula is C10H9Br2NO2. The van der Waals surface area contributed by atoms with Gasteiger partial charge in [-0.2, -0.15) is 0 Å². The van der Waals surface area contributed by atoms with Gasteiger partial charge in [0, 0.05) is 5.39 Å². The molecule has 1 aromatic carbocycles. The molecule has 0 aliphatic heterocycles. The van der Waals surface area contributed by atoms with Crippen molar-refractivity contribution >= 4 is 42.8 Å². The summed E-state index contributed by atoms with van der Waals surface area (Å²) in [5, 5.41) is 0.960. The Morgan fingerprint density at radius 3 is 2.73 bits per heavy atom. The minimum atomic E-state index is 0.385. The van der Waals surface area contributed by atoms with Crippen LogP contribution in [0.3, 0.4) is 0 Å². The van der Waals surface area contributed by atoms with E-state index in [0.717, 1.165) is 31.4 Å². The normalized spacial score (nSPS) is 10.9. The molecule has 5 heteroatoms. The van der Waals surface area contributed by atoms with Crippen molar-refractivity contribution in [1.82, 2.24) is 0 Å². The lowest BCUT2D eigenvalue weighted by Gasteiger charge is -2.04. The lowest BCUT2D eigenvalue weighted by atomic mass is 10.2. The van der Waals surface area contributed by atoms with Gasteiger partial charge in [0.15, 0.2) is 0 Å². The summed E-state index contributed by atoms with van der Waals surface area (Å²) in [6.45, 7) is 0.385. The molecule has 2 aromatic rings. The van der Waals surface area contributed by atoms with Gasteiger partial charge in [0.1, 0.15) is 17.1 Å². The molecule has 0 spiro atoms. The zero-order valence-corrected chi connectivity index (χ0v) is 11.2. The molecule has 15 heavy (non-hydrogen) atoms. The van der Waals surface area contributed by atoms with Crippen molar-refractivity contribution in [2.24, 2.45) is 5.73 Å². The Hall–Kier alpha value is -0.520. The van der Waals surface area contributed by atoms with E-state index in [1.165, 1.54) is 0 Å². The minimum Gasteiger partial charge on any atom is -0.496 e. The van der Waals surface area contributed by atoms with E-state index in [2.05, 4.69) is 31.9 Å². The predicted molar refractivity (Wildman–Crippen MR) is 66.1 cm³/mol. The zero-order valence-electron chi connectivity index (χ0n) is 8.01. The largest absolute Gasteiger partial charge is 0.496 e. The van der Waals surface area contributed by atoms with E-state index in [0.29, 0.717) is 6.54 Å². The fourth-order valence-corrected chi connectivity index (χ4v) is 2.48. The second-order valence-corrected chi connectivity index (χ2v) is 4.68. The fourth-order valence-electron chi connectivity index (χ4n) is 1.41. The summed E-state index contributed by atoms with van der Waals surface area (Å²) in [5.41, 5.74) is 6.31. The van der Waals surface area contributed by atoms with E-state index >= 15 is 0 Å². The summed E-state index contributed by atoms with van der Waals surface area (Å²) >= 11 is 6.90. The Bertz CT molecular complexity index is 508. The highest BCUT2D eigenvalue weighted by Gasteiger charge is 2.13. The number of methoxy groups -OCH3 is 1. The monoisotopic (exact) mass is 333 g/mol. The Balaban J connectivity index is 2.78. The molecule has 0 unspecified atom stereocenters. The summed E-state index contributed by atoms with van der Waals surface area (Å²) in [5.74, 6) is 1.51. The second kappa shape index (κ2) is 4.15. The highest BCUT2D eigenvalue weighted by Crippen LogP contribution is 2.39. The number of rotatable bonds is 2. The first-order valence-corrected chi connectivity index (χ1v) is 5.90. The smallest absolute Gasteiger partial charge is 0.149 e. The molecule has 0 aliphatic rings. The van der Waals surface area contributed by atoms with Crippen LogP contribution in [0.15, 0.2) is 25.5 Å². The minimum absolute atomic E-state index is 0.385. The lowest BCUT2D eigenvalue weighted by molar-refractivity contribution is 0.412. The van der Waals surface area contributed by atoms with E-state index in [4.69, 9.17) is 14.9 Å². The standard InChI is InChI=1S/C10H9Br2NO2/c1-14-8-3-7(11)10-6(9(8)12)2-5(4-13)15-10/h2-3H,4,13H2,1H3. The Morgan fingerprint density at radius 2 is 2.13 bits per heavy atom. The maximum Gasteiger partial charge on any atom is 0.149 e. The van der Waals surface area contributed by atoms with E-state index in [-0.39, 0.29) is 0 Å². The van der Waals surface area contributed by atoms with Crippen molar-refractivity contribution in [2.45, 2.75) is 6.54 Å². The number of benzene rings is 1. The molecule has 3 nitrogen and oxygen atoms in total. The molecule has 0 aliphatic carbocycles. The number of ether oxygens (including phenoxy) is 1. The summed E-state index contributed by atoms with van der Waals surface area (Å²) in [4.78, 5) is 0. The molecule has 80 valence electrons. The van der Waals surface area contributed by atoms with Crippen molar-refractivity contribution in [3.05, 3.63) is 26.8 Å². The summed E-state index contributed by atoms with van der Waals surface area (Å²) in [6.07, 6.45) is 0. The number of hydrogen-bond donors (Lipinski definition) is 1. The van der Waals surface area contributed by atoms with Crippen LogP contribution in [0, 0.1) is 0 Å². The molecule has 1 heterocycles. The molecule has 2 N–H and O–H groups in total. The molecule has 0 saturated heterocycles. The van der Waals surface area contributed by atoms with Crippen LogP contribution in [0.2, 0.25) is 0 Å². The van der Waals surface area contributed by atoms with Gasteiger partial charge in [-0.15, -0.1) is 0 Å². The van der Waals surface area contributed by atoms with Crippen molar-refractivity contribution in [1.29, 1.82) is 0 Å². The van der Waals surface area contributed by atoms with E-state index in [1.807, 2.05) is 12.1 Å². The molecule has 0 atom stereocenters. The van der Waals surface area contributed by atoms with Crippen LogP contribution in [0.25, 0.3) is 11.0 Å². The molecular weight excluding hydrogens is 326 g/mol. The van der Waals surface area contributed by atoms with Crippen LogP contribution in [-0.2, 0) is 6.54 Å². The molecule has 2 rings (SSSR count).